The van der Waals surface area contributed by atoms with Crippen LogP contribution in [0.15, 0.2) is 35.1 Å². The number of aryl methyl sites for hydroxylation is 1. The number of pyridine rings is 1. The van der Waals surface area contributed by atoms with E-state index < -0.39 is 0 Å². The molecule has 0 aliphatic heterocycles. The van der Waals surface area contributed by atoms with E-state index in [2.05, 4.69) is 31.5 Å². The van der Waals surface area contributed by atoms with Gasteiger partial charge in [0.1, 0.15) is 5.82 Å². The molecule has 1 aromatic carbocycles. The first-order valence-corrected chi connectivity index (χ1v) is 6.71. The number of halogens is 2. The van der Waals surface area contributed by atoms with Gasteiger partial charge in [-0.15, -0.1) is 0 Å². The second-order valence-corrected chi connectivity index (χ2v) is 5.06. The minimum absolute atomic E-state index is 0.302. The summed E-state index contributed by atoms with van der Waals surface area (Å²) in [6, 6.07) is 4.61. The number of hydrogen-bond donors (Lipinski definition) is 2. The first-order chi connectivity index (χ1) is 9.52. The lowest BCUT2D eigenvalue weighted by atomic mass is 10.1. The Morgan fingerprint density at radius 2 is 2.10 bits per heavy atom. The van der Waals surface area contributed by atoms with Crippen LogP contribution in [0, 0.1) is 12.7 Å². The van der Waals surface area contributed by atoms with Gasteiger partial charge in [-0.1, -0.05) is 0 Å². The van der Waals surface area contributed by atoms with Gasteiger partial charge in [-0.05, 0) is 46.6 Å². The van der Waals surface area contributed by atoms with E-state index in [0.717, 1.165) is 0 Å². The second-order valence-electron chi connectivity index (χ2n) is 4.21. The summed E-state index contributed by atoms with van der Waals surface area (Å²) >= 11 is 3.10. The van der Waals surface area contributed by atoms with E-state index in [4.69, 9.17) is 0 Å². The second kappa shape index (κ2) is 6.00. The molecule has 0 saturated carbocycles. The molecule has 1 aromatic heterocycles. The molecular weight excluding hydrogens is 325 g/mol. The summed E-state index contributed by atoms with van der Waals surface area (Å²) in [5.74, 6) is -0.665. The van der Waals surface area contributed by atoms with Crippen molar-refractivity contribution in [3.63, 3.8) is 0 Å². The van der Waals surface area contributed by atoms with Gasteiger partial charge in [-0.25, -0.2) is 4.39 Å². The molecule has 1 amide bonds. The van der Waals surface area contributed by atoms with E-state index in [1.807, 2.05) is 0 Å². The predicted molar refractivity (Wildman–Crippen MR) is 80.6 cm³/mol. The van der Waals surface area contributed by atoms with Gasteiger partial charge in [0.05, 0.1) is 10.0 Å². The zero-order chi connectivity index (χ0) is 14.7. The van der Waals surface area contributed by atoms with Crippen LogP contribution in [0.25, 0.3) is 0 Å². The fourth-order valence-electron chi connectivity index (χ4n) is 1.76. The highest BCUT2D eigenvalue weighted by Crippen LogP contribution is 2.25. The Bertz CT molecular complexity index is 661. The summed E-state index contributed by atoms with van der Waals surface area (Å²) in [4.78, 5) is 16.2. The number of amides is 1. The number of carbonyl (C=O) groups is 1. The molecule has 0 spiro atoms. The van der Waals surface area contributed by atoms with Crippen LogP contribution in [0.1, 0.15) is 15.9 Å². The minimum Gasteiger partial charge on any atom is -0.387 e. The molecule has 0 atom stereocenters. The summed E-state index contributed by atoms with van der Waals surface area (Å²) in [6.07, 6.45) is 3.08. The molecule has 20 heavy (non-hydrogen) atoms. The normalized spacial score (nSPS) is 10.2. The Morgan fingerprint density at radius 1 is 1.35 bits per heavy atom. The quantitative estimate of drug-likeness (QED) is 0.899. The highest BCUT2D eigenvalue weighted by Gasteiger charge is 2.13. The molecule has 0 radical (unpaired) electrons. The third-order valence-corrected chi connectivity index (χ3v) is 3.46. The molecular formula is C14H13BrFN3O. The maximum Gasteiger partial charge on any atom is 0.259 e. The van der Waals surface area contributed by atoms with Crippen molar-refractivity contribution in [1.82, 2.24) is 4.98 Å². The van der Waals surface area contributed by atoms with E-state index in [9.17, 15) is 9.18 Å². The van der Waals surface area contributed by atoms with Crippen molar-refractivity contribution in [2.75, 3.05) is 17.7 Å². The molecule has 4 nitrogen and oxygen atoms in total. The van der Waals surface area contributed by atoms with Crippen LogP contribution in [-0.4, -0.2) is 17.9 Å². The topological polar surface area (TPSA) is 54.0 Å². The van der Waals surface area contributed by atoms with E-state index in [-0.39, 0.29) is 11.7 Å². The number of rotatable bonds is 3. The van der Waals surface area contributed by atoms with Crippen LogP contribution in [0.3, 0.4) is 0 Å². The van der Waals surface area contributed by atoms with E-state index in [1.54, 1.807) is 26.2 Å². The Balaban J connectivity index is 2.30. The lowest BCUT2D eigenvalue weighted by Gasteiger charge is -2.11. The van der Waals surface area contributed by atoms with Crippen molar-refractivity contribution in [3.05, 3.63) is 52.0 Å². The SMILES string of the molecule is CNc1ccncc1C(=O)Nc1cc(Br)c(F)cc1C. The van der Waals surface area contributed by atoms with Gasteiger partial charge < -0.3 is 10.6 Å². The molecule has 0 aliphatic rings. The zero-order valence-electron chi connectivity index (χ0n) is 11.0. The molecule has 0 bridgehead atoms. The lowest BCUT2D eigenvalue weighted by Crippen LogP contribution is -2.15. The third kappa shape index (κ3) is 2.96. The molecule has 1 heterocycles. The number of nitrogens with zero attached hydrogens (tertiary/aromatic N) is 1. The molecule has 2 rings (SSSR count). The molecule has 0 fully saturated rings. The van der Waals surface area contributed by atoms with Crippen LogP contribution < -0.4 is 10.6 Å². The van der Waals surface area contributed by atoms with E-state index in [0.29, 0.717) is 27.0 Å². The molecule has 0 saturated heterocycles. The first kappa shape index (κ1) is 14.5. The van der Waals surface area contributed by atoms with Crippen molar-refractivity contribution in [1.29, 1.82) is 0 Å². The smallest absolute Gasteiger partial charge is 0.259 e. The van der Waals surface area contributed by atoms with Crippen LogP contribution in [0.2, 0.25) is 0 Å². The van der Waals surface area contributed by atoms with Crippen molar-refractivity contribution < 1.29 is 9.18 Å². The number of aromatic nitrogens is 1. The summed E-state index contributed by atoms with van der Waals surface area (Å²) in [6.45, 7) is 1.73. The third-order valence-electron chi connectivity index (χ3n) is 2.85. The molecule has 6 heteroatoms. The first-order valence-electron chi connectivity index (χ1n) is 5.91. The van der Waals surface area contributed by atoms with Crippen LogP contribution in [0.5, 0.6) is 0 Å². The maximum absolute atomic E-state index is 13.4. The van der Waals surface area contributed by atoms with Gasteiger partial charge in [-0.2, -0.15) is 0 Å². The van der Waals surface area contributed by atoms with E-state index >= 15 is 0 Å². The number of hydrogen-bond acceptors (Lipinski definition) is 3. The predicted octanol–water partition coefficient (Wildman–Crippen LogP) is 3.59. The average molecular weight is 338 g/mol. The van der Waals surface area contributed by atoms with Crippen molar-refractivity contribution in [2.24, 2.45) is 0 Å². The fraction of sp³-hybridized carbons (Fsp3) is 0.143. The summed E-state index contributed by atoms with van der Waals surface area (Å²) < 4.78 is 13.7. The Hall–Kier alpha value is -1.95. The van der Waals surface area contributed by atoms with Gasteiger partial charge in [0.2, 0.25) is 0 Å². The van der Waals surface area contributed by atoms with Crippen molar-refractivity contribution in [3.8, 4) is 0 Å². The van der Waals surface area contributed by atoms with Crippen LogP contribution in [-0.2, 0) is 0 Å². The van der Waals surface area contributed by atoms with Crippen LogP contribution in [0.4, 0.5) is 15.8 Å². The fourth-order valence-corrected chi connectivity index (χ4v) is 2.11. The summed E-state index contributed by atoms with van der Waals surface area (Å²) in [5, 5.41) is 5.68. The van der Waals surface area contributed by atoms with Gasteiger partial charge >= 0.3 is 0 Å². The minimum atomic E-state index is -0.363. The number of benzene rings is 1. The Labute approximate surface area is 124 Å². The van der Waals surface area contributed by atoms with Gasteiger partial charge in [0.25, 0.3) is 5.91 Å². The summed E-state index contributed by atoms with van der Waals surface area (Å²) in [5.41, 5.74) is 2.30. The number of carbonyl (C=O) groups excluding carboxylic acids is 1. The molecule has 104 valence electrons. The summed E-state index contributed by atoms with van der Waals surface area (Å²) in [7, 11) is 1.73. The Morgan fingerprint density at radius 3 is 2.80 bits per heavy atom. The van der Waals surface area contributed by atoms with Crippen molar-refractivity contribution in [2.45, 2.75) is 6.92 Å². The van der Waals surface area contributed by atoms with E-state index in [1.165, 1.54) is 18.3 Å². The lowest BCUT2D eigenvalue weighted by molar-refractivity contribution is 0.102. The monoisotopic (exact) mass is 337 g/mol. The highest BCUT2D eigenvalue weighted by molar-refractivity contribution is 9.10. The largest absolute Gasteiger partial charge is 0.387 e. The molecule has 2 N–H and O–H groups in total. The van der Waals surface area contributed by atoms with Gasteiger partial charge in [0, 0.05) is 30.8 Å². The molecule has 0 unspecified atom stereocenters. The standard InChI is InChI=1S/C14H13BrFN3O/c1-8-5-11(16)10(15)6-13(8)19-14(20)9-7-18-4-3-12(9)17-2/h3-7H,1-2H3,(H,17,18)(H,19,20). The van der Waals surface area contributed by atoms with Gasteiger partial charge in [-0.3, -0.25) is 9.78 Å². The maximum atomic E-state index is 13.4. The molecule has 0 aliphatic carbocycles. The molecule has 2 aromatic rings. The zero-order valence-corrected chi connectivity index (χ0v) is 12.6. The van der Waals surface area contributed by atoms with Crippen molar-refractivity contribution >= 4 is 33.2 Å². The number of anilines is 2. The van der Waals surface area contributed by atoms with Crippen LogP contribution >= 0.6 is 15.9 Å². The Kier molecular flexibility index (Phi) is 4.34. The number of nitrogens with one attached hydrogen (secondary N) is 2. The van der Waals surface area contributed by atoms with Gasteiger partial charge in [0.15, 0.2) is 0 Å². The highest BCUT2D eigenvalue weighted by atomic mass is 79.9. The average Bonchev–Trinajstić information content (AvgIpc) is 2.44.